The van der Waals surface area contributed by atoms with Gasteiger partial charge in [-0.2, -0.15) is 0 Å². The highest BCUT2D eigenvalue weighted by atomic mass is 79.9. The Hall–Kier alpha value is -1.21. The summed E-state index contributed by atoms with van der Waals surface area (Å²) in [6.07, 6.45) is 0. The highest BCUT2D eigenvalue weighted by Crippen LogP contribution is 2.63. The molecule has 1 fully saturated rings. The van der Waals surface area contributed by atoms with E-state index in [0.29, 0.717) is 4.90 Å². The van der Waals surface area contributed by atoms with Crippen molar-refractivity contribution in [2.75, 3.05) is 13.1 Å². The van der Waals surface area contributed by atoms with Crippen LogP contribution in [0.3, 0.4) is 0 Å². The molecular weight excluding hydrogens is 388 g/mol. The van der Waals surface area contributed by atoms with Crippen molar-refractivity contribution < 1.29 is 8.42 Å². The van der Waals surface area contributed by atoms with Crippen molar-refractivity contribution in [3.8, 4) is 0 Å². The topological polar surface area (TPSA) is 86.2 Å². The van der Waals surface area contributed by atoms with Gasteiger partial charge < -0.3 is 11.5 Å². The molecule has 0 amide bonds. The molecule has 2 unspecified atom stereocenters. The molecule has 1 saturated carbocycles. The van der Waals surface area contributed by atoms with E-state index in [1.54, 1.807) is 12.1 Å². The molecule has 2 aromatic rings. The zero-order chi connectivity index (χ0) is 17.5. The van der Waals surface area contributed by atoms with Gasteiger partial charge in [-0.25, -0.2) is 8.42 Å². The molecule has 3 rings (SSSR count). The first-order valence-electron chi connectivity index (χ1n) is 7.83. The molecule has 0 saturated heterocycles. The van der Waals surface area contributed by atoms with Gasteiger partial charge in [-0.1, -0.05) is 45.8 Å². The highest BCUT2D eigenvalue weighted by Gasteiger charge is 2.69. The van der Waals surface area contributed by atoms with Gasteiger partial charge in [0.25, 0.3) is 0 Å². The average molecular weight is 409 g/mol. The van der Waals surface area contributed by atoms with Crippen LogP contribution in [0, 0.1) is 12.3 Å². The molecule has 0 spiro atoms. The van der Waals surface area contributed by atoms with E-state index in [9.17, 15) is 8.42 Å². The predicted molar refractivity (Wildman–Crippen MR) is 99.6 cm³/mol. The van der Waals surface area contributed by atoms with Crippen LogP contribution in [0.2, 0.25) is 0 Å². The molecule has 4 nitrogen and oxygen atoms in total. The molecule has 2 aromatic carbocycles. The van der Waals surface area contributed by atoms with Gasteiger partial charge in [0.1, 0.15) is 0 Å². The van der Waals surface area contributed by atoms with Crippen molar-refractivity contribution in [3.05, 3.63) is 64.1 Å². The molecule has 24 heavy (non-hydrogen) atoms. The summed E-state index contributed by atoms with van der Waals surface area (Å²) in [5, 5.41) is -0.580. The summed E-state index contributed by atoms with van der Waals surface area (Å²) in [7, 11) is -3.49. The van der Waals surface area contributed by atoms with Gasteiger partial charge in [0.2, 0.25) is 0 Å². The fraction of sp³-hybridized carbons (Fsp3) is 0.333. The third kappa shape index (κ3) is 2.71. The van der Waals surface area contributed by atoms with Crippen LogP contribution in [0.1, 0.15) is 17.0 Å². The summed E-state index contributed by atoms with van der Waals surface area (Å²) in [4.78, 5) is 0.337. The maximum atomic E-state index is 13.2. The smallest absolute Gasteiger partial charge is 0.182 e. The van der Waals surface area contributed by atoms with E-state index >= 15 is 0 Å². The second kappa shape index (κ2) is 6.26. The Morgan fingerprint density at radius 3 is 2.04 bits per heavy atom. The summed E-state index contributed by atoms with van der Waals surface area (Å²) in [6, 6.07) is 14.7. The summed E-state index contributed by atoms with van der Waals surface area (Å²) in [6.45, 7) is 2.43. The number of hydrogen-bond donors (Lipinski definition) is 2. The molecule has 128 valence electrons. The van der Waals surface area contributed by atoms with Crippen molar-refractivity contribution in [2.45, 2.75) is 23.0 Å². The lowest BCUT2D eigenvalue weighted by molar-refractivity contribution is 0.510. The van der Waals surface area contributed by atoms with Crippen molar-refractivity contribution in [3.63, 3.8) is 0 Å². The third-order valence-corrected chi connectivity index (χ3v) is 7.92. The fourth-order valence-electron chi connectivity index (χ4n) is 3.56. The van der Waals surface area contributed by atoms with Crippen molar-refractivity contribution in [1.82, 2.24) is 0 Å². The summed E-state index contributed by atoms with van der Waals surface area (Å²) in [5.74, 6) is -0.174. The van der Waals surface area contributed by atoms with Crippen molar-refractivity contribution >= 4 is 25.8 Å². The Balaban J connectivity index is 2.04. The van der Waals surface area contributed by atoms with Gasteiger partial charge in [-0.3, -0.25) is 0 Å². The van der Waals surface area contributed by atoms with Crippen molar-refractivity contribution in [2.24, 2.45) is 16.9 Å². The maximum absolute atomic E-state index is 13.2. The van der Waals surface area contributed by atoms with Crippen LogP contribution in [0.15, 0.2) is 57.9 Å². The Labute approximate surface area is 151 Å². The minimum Gasteiger partial charge on any atom is -0.330 e. The van der Waals surface area contributed by atoms with E-state index in [2.05, 4.69) is 15.9 Å². The molecule has 0 aromatic heterocycles. The molecular formula is C18H21BrN2O2S. The van der Waals surface area contributed by atoms with Crippen LogP contribution in [0.4, 0.5) is 0 Å². The predicted octanol–water partition coefficient (Wildman–Crippen LogP) is 2.60. The maximum Gasteiger partial charge on any atom is 0.182 e. The first kappa shape index (κ1) is 17.6. The fourth-order valence-corrected chi connectivity index (χ4v) is 6.30. The number of nitrogens with two attached hydrogens (primary N) is 2. The lowest BCUT2D eigenvalue weighted by Crippen LogP contribution is -2.31. The Bertz CT molecular complexity index is 828. The average Bonchev–Trinajstić information content (AvgIpc) is 3.26. The molecule has 2 atom stereocenters. The monoisotopic (exact) mass is 408 g/mol. The first-order chi connectivity index (χ1) is 11.4. The second-order valence-corrected chi connectivity index (χ2v) is 9.43. The van der Waals surface area contributed by atoms with Crippen LogP contribution in [-0.4, -0.2) is 26.8 Å². The van der Waals surface area contributed by atoms with E-state index in [-0.39, 0.29) is 19.0 Å². The Morgan fingerprint density at radius 2 is 1.54 bits per heavy atom. The molecule has 0 aliphatic heterocycles. The molecule has 6 heteroatoms. The number of rotatable bonds is 5. The van der Waals surface area contributed by atoms with E-state index in [4.69, 9.17) is 11.5 Å². The van der Waals surface area contributed by atoms with Crippen LogP contribution >= 0.6 is 15.9 Å². The summed E-state index contributed by atoms with van der Waals surface area (Å²) in [5.41, 5.74) is 13.3. The molecule has 0 heterocycles. The van der Waals surface area contributed by atoms with E-state index in [0.717, 1.165) is 15.6 Å². The quantitative estimate of drug-likeness (QED) is 0.795. The SMILES string of the molecule is Cc1ccc(S(=O)(=O)C2C(c3ccc(Br)cc3)C2(CN)CN)cc1. The first-order valence-corrected chi connectivity index (χ1v) is 10.2. The van der Waals surface area contributed by atoms with Gasteiger partial charge in [-0.15, -0.1) is 0 Å². The standard InChI is InChI=1S/C18H21BrN2O2S/c1-12-2-8-15(9-3-12)24(22,23)17-16(18(17,10-20)11-21)13-4-6-14(19)7-5-13/h2-9,16-17H,10-11,20-21H2,1H3. The number of benzene rings is 2. The lowest BCUT2D eigenvalue weighted by Gasteiger charge is -2.13. The van der Waals surface area contributed by atoms with Gasteiger partial charge in [0.15, 0.2) is 9.84 Å². The second-order valence-electron chi connectivity index (χ2n) is 6.45. The Morgan fingerprint density at radius 1 is 1.00 bits per heavy atom. The molecule has 0 bridgehead atoms. The van der Waals surface area contributed by atoms with Gasteiger partial charge in [0, 0.05) is 28.9 Å². The summed E-state index contributed by atoms with van der Waals surface area (Å²) < 4.78 is 27.3. The van der Waals surface area contributed by atoms with Crippen LogP contribution in [-0.2, 0) is 9.84 Å². The number of sulfone groups is 1. The molecule has 1 aliphatic carbocycles. The normalized spacial score (nSPS) is 22.3. The Kier molecular flexibility index (Phi) is 4.59. The zero-order valence-corrected chi connectivity index (χ0v) is 15.8. The minimum atomic E-state index is -3.49. The van der Waals surface area contributed by atoms with Gasteiger partial charge in [0.05, 0.1) is 10.1 Å². The highest BCUT2D eigenvalue weighted by molar-refractivity contribution is 9.10. The minimum absolute atomic E-state index is 0.174. The van der Waals surface area contributed by atoms with Gasteiger partial charge >= 0.3 is 0 Å². The van der Waals surface area contributed by atoms with Crippen LogP contribution in [0.5, 0.6) is 0 Å². The summed E-state index contributed by atoms with van der Waals surface area (Å²) >= 11 is 3.41. The molecule has 0 radical (unpaired) electrons. The van der Waals surface area contributed by atoms with E-state index in [1.165, 1.54) is 0 Å². The van der Waals surface area contributed by atoms with Crippen molar-refractivity contribution in [1.29, 1.82) is 0 Å². The molecule has 4 N–H and O–H groups in total. The van der Waals surface area contributed by atoms with Gasteiger partial charge in [-0.05, 0) is 36.8 Å². The number of halogens is 1. The van der Waals surface area contributed by atoms with Crippen LogP contribution in [0.25, 0.3) is 0 Å². The largest absolute Gasteiger partial charge is 0.330 e. The van der Waals surface area contributed by atoms with Crippen LogP contribution < -0.4 is 11.5 Å². The third-order valence-electron chi connectivity index (χ3n) is 5.05. The lowest BCUT2D eigenvalue weighted by atomic mass is 9.99. The van der Waals surface area contributed by atoms with E-state index < -0.39 is 20.5 Å². The number of hydrogen-bond acceptors (Lipinski definition) is 4. The number of aryl methyl sites for hydroxylation is 1. The molecule has 1 aliphatic rings. The van der Waals surface area contributed by atoms with E-state index in [1.807, 2.05) is 43.3 Å². The zero-order valence-electron chi connectivity index (χ0n) is 13.4.